The first-order valence-electron chi connectivity index (χ1n) is 10.2. The summed E-state index contributed by atoms with van der Waals surface area (Å²) < 4.78 is 10.7. The van der Waals surface area contributed by atoms with Crippen LogP contribution in [0, 0.1) is 5.92 Å². The third-order valence-corrected chi connectivity index (χ3v) is 5.48. The van der Waals surface area contributed by atoms with Crippen LogP contribution in [0.3, 0.4) is 0 Å². The Kier molecular flexibility index (Phi) is 5.97. The predicted molar refractivity (Wildman–Crippen MR) is 114 cm³/mol. The molecule has 156 valence electrons. The van der Waals surface area contributed by atoms with E-state index in [2.05, 4.69) is 15.5 Å². The molecule has 1 saturated heterocycles. The van der Waals surface area contributed by atoms with Gasteiger partial charge in [0, 0.05) is 18.7 Å². The Hall–Kier alpha value is -3.35. The molecule has 4 rings (SSSR count). The molecule has 30 heavy (non-hydrogen) atoms. The van der Waals surface area contributed by atoms with Crippen molar-refractivity contribution in [3.63, 3.8) is 0 Å². The Morgan fingerprint density at radius 1 is 1.20 bits per heavy atom. The van der Waals surface area contributed by atoms with Crippen LogP contribution < -0.4 is 15.0 Å². The molecule has 1 amide bonds. The summed E-state index contributed by atoms with van der Waals surface area (Å²) in [4.78, 5) is 19.4. The lowest BCUT2D eigenvalue weighted by Gasteiger charge is -2.31. The van der Waals surface area contributed by atoms with E-state index in [-0.39, 0.29) is 17.9 Å². The number of piperidine rings is 1. The number of hydrogen-bond acceptors (Lipinski definition) is 6. The molecule has 0 aliphatic carbocycles. The van der Waals surface area contributed by atoms with E-state index in [0.29, 0.717) is 18.4 Å². The van der Waals surface area contributed by atoms with Gasteiger partial charge >= 0.3 is 6.01 Å². The summed E-state index contributed by atoms with van der Waals surface area (Å²) in [6.45, 7) is 3.37. The van der Waals surface area contributed by atoms with E-state index in [1.807, 2.05) is 66.4 Å². The van der Waals surface area contributed by atoms with Crippen LogP contribution in [-0.4, -0.2) is 36.2 Å². The lowest BCUT2D eigenvalue weighted by Crippen LogP contribution is -2.43. The Morgan fingerprint density at radius 2 is 1.97 bits per heavy atom. The Labute approximate surface area is 176 Å². The zero-order chi connectivity index (χ0) is 20.9. The van der Waals surface area contributed by atoms with Crippen molar-refractivity contribution < 1.29 is 14.1 Å². The molecule has 1 aliphatic rings. The molecule has 0 spiro atoms. The van der Waals surface area contributed by atoms with Gasteiger partial charge in [0.15, 0.2) is 0 Å². The standard InChI is InChI=1S/C23H26N4O3/c1-16(17-7-4-3-5-8-17)24-22(28)19-9-6-14-27(15-19)23-25-21(26-30-23)18-10-12-20(29-2)13-11-18/h3-5,7-8,10-13,16,19H,6,9,14-15H2,1-2H3,(H,24,28)/t16-,19+/m0/s1. The number of carbonyl (C=O) groups is 1. The van der Waals surface area contributed by atoms with E-state index in [9.17, 15) is 4.79 Å². The lowest BCUT2D eigenvalue weighted by molar-refractivity contribution is -0.125. The van der Waals surface area contributed by atoms with Crippen LogP contribution in [0.15, 0.2) is 59.1 Å². The smallest absolute Gasteiger partial charge is 0.324 e. The zero-order valence-electron chi connectivity index (χ0n) is 17.2. The molecule has 0 bridgehead atoms. The summed E-state index contributed by atoms with van der Waals surface area (Å²) >= 11 is 0. The Balaban J connectivity index is 1.40. The first-order valence-corrected chi connectivity index (χ1v) is 10.2. The van der Waals surface area contributed by atoms with Crippen molar-refractivity contribution in [3.8, 4) is 17.1 Å². The summed E-state index contributed by atoms with van der Waals surface area (Å²) in [5.74, 6) is 1.25. The Bertz CT molecular complexity index is 972. The van der Waals surface area contributed by atoms with E-state index in [0.717, 1.165) is 36.3 Å². The van der Waals surface area contributed by atoms with Gasteiger partial charge in [0.2, 0.25) is 11.7 Å². The van der Waals surface area contributed by atoms with Gasteiger partial charge in [-0.25, -0.2) is 0 Å². The van der Waals surface area contributed by atoms with Crippen molar-refractivity contribution in [1.82, 2.24) is 15.5 Å². The monoisotopic (exact) mass is 406 g/mol. The van der Waals surface area contributed by atoms with Crippen molar-refractivity contribution in [2.45, 2.75) is 25.8 Å². The molecule has 7 heteroatoms. The molecule has 1 aliphatic heterocycles. The number of aromatic nitrogens is 2. The van der Waals surface area contributed by atoms with Gasteiger partial charge in [-0.1, -0.05) is 35.5 Å². The van der Waals surface area contributed by atoms with Crippen molar-refractivity contribution >= 4 is 11.9 Å². The van der Waals surface area contributed by atoms with Gasteiger partial charge < -0.3 is 19.5 Å². The highest BCUT2D eigenvalue weighted by molar-refractivity contribution is 5.80. The van der Waals surface area contributed by atoms with Crippen LogP contribution in [0.1, 0.15) is 31.4 Å². The molecule has 3 aromatic rings. The topological polar surface area (TPSA) is 80.5 Å². The van der Waals surface area contributed by atoms with Crippen LogP contribution in [0.4, 0.5) is 6.01 Å². The number of hydrogen-bond donors (Lipinski definition) is 1. The molecule has 2 aromatic carbocycles. The van der Waals surface area contributed by atoms with Gasteiger partial charge in [0.25, 0.3) is 0 Å². The highest BCUT2D eigenvalue weighted by Crippen LogP contribution is 2.26. The SMILES string of the molecule is COc1ccc(-c2noc(N3CCC[C@@H](C(=O)N[C@@H](C)c4ccccc4)C3)n2)cc1. The fourth-order valence-electron chi connectivity index (χ4n) is 3.72. The third kappa shape index (κ3) is 4.45. The van der Waals surface area contributed by atoms with Gasteiger partial charge in [-0.15, -0.1) is 0 Å². The van der Waals surface area contributed by atoms with Crippen LogP contribution in [-0.2, 0) is 4.79 Å². The third-order valence-electron chi connectivity index (χ3n) is 5.48. The summed E-state index contributed by atoms with van der Waals surface area (Å²) in [5, 5.41) is 7.24. The predicted octanol–water partition coefficient (Wildman–Crippen LogP) is 3.84. The fraction of sp³-hybridized carbons (Fsp3) is 0.348. The Morgan fingerprint density at radius 3 is 2.70 bits per heavy atom. The average molecular weight is 406 g/mol. The summed E-state index contributed by atoms with van der Waals surface area (Å²) in [7, 11) is 1.63. The molecule has 0 radical (unpaired) electrons. The van der Waals surface area contributed by atoms with Crippen molar-refractivity contribution in [1.29, 1.82) is 0 Å². The van der Waals surface area contributed by atoms with Crippen molar-refractivity contribution in [2.24, 2.45) is 5.92 Å². The number of nitrogens with zero attached hydrogens (tertiary/aromatic N) is 3. The molecule has 2 atom stereocenters. The van der Waals surface area contributed by atoms with Gasteiger partial charge in [-0.05, 0) is 49.6 Å². The highest BCUT2D eigenvalue weighted by atomic mass is 16.5. The minimum absolute atomic E-state index is 0.0286. The van der Waals surface area contributed by atoms with Crippen molar-refractivity contribution in [2.75, 3.05) is 25.1 Å². The van der Waals surface area contributed by atoms with Crippen LogP contribution in [0.5, 0.6) is 5.75 Å². The number of amides is 1. The number of nitrogens with one attached hydrogen (secondary N) is 1. The number of rotatable bonds is 6. The quantitative estimate of drug-likeness (QED) is 0.670. The fourth-order valence-corrected chi connectivity index (χ4v) is 3.72. The minimum Gasteiger partial charge on any atom is -0.497 e. The summed E-state index contributed by atoms with van der Waals surface area (Å²) in [6.07, 6.45) is 1.75. The van der Waals surface area contributed by atoms with E-state index in [1.54, 1.807) is 7.11 Å². The first kappa shape index (κ1) is 19.9. The second-order valence-corrected chi connectivity index (χ2v) is 7.56. The molecule has 7 nitrogen and oxygen atoms in total. The molecule has 2 heterocycles. The molecule has 1 fully saturated rings. The van der Waals surface area contributed by atoms with E-state index in [4.69, 9.17) is 9.26 Å². The normalized spacial score (nSPS) is 17.4. The largest absolute Gasteiger partial charge is 0.497 e. The molecule has 1 N–H and O–H groups in total. The number of benzene rings is 2. The van der Waals surface area contributed by atoms with E-state index >= 15 is 0 Å². The maximum absolute atomic E-state index is 12.8. The molecule has 1 aromatic heterocycles. The first-order chi connectivity index (χ1) is 14.6. The number of carbonyl (C=O) groups excluding carboxylic acids is 1. The summed E-state index contributed by atoms with van der Waals surface area (Å²) in [5.41, 5.74) is 1.95. The number of methoxy groups -OCH3 is 1. The van der Waals surface area contributed by atoms with Crippen LogP contribution >= 0.6 is 0 Å². The van der Waals surface area contributed by atoms with Gasteiger partial charge in [-0.2, -0.15) is 4.98 Å². The number of ether oxygens (including phenoxy) is 1. The van der Waals surface area contributed by atoms with E-state index < -0.39 is 0 Å². The number of anilines is 1. The molecule has 0 unspecified atom stereocenters. The van der Waals surface area contributed by atoms with Gasteiger partial charge in [-0.3, -0.25) is 4.79 Å². The maximum atomic E-state index is 12.8. The second-order valence-electron chi connectivity index (χ2n) is 7.56. The van der Waals surface area contributed by atoms with Crippen LogP contribution in [0.25, 0.3) is 11.4 Å². The highest BCUT2D eigenvalue weighted by Gasteiger charge is 2.29. The molecular formula is C23H26N4O3. The van der Waals surface area contributed by atoms with Crippen LogP contribution in [0.2, 0.25) is 0 Å². The molecule has 0 saturated carbocycles. The lowest BCUT2D eigenvalue weighted by atomic mass is 9.96. The van der Waals surface area contributed by atoms with E-state index in [1.165, 1.54) is 0 Å². The van der Waals surface area contributed by atoms with Crippen molar-refractivity contribution in [3.05, 3.63) is 60.2 Å². The summed E-state index contributed by atoms with van der Waals surface area (Å²) in [6, 6.07) is 17.9. The van der Waals surface area contributed by atoms with Gasteiger partial charge in [0.1, 0.15) is 5.75 Å². The molecular weight excluding hydrogens is 380 g/mol. The minimum atomic E-state index is -0.110. The maximum Gasteiger partial charge on any atom is 0.324 e. The zero-order valence-corrected chi connectivity index (χ0v) is 17.2. The average Bonchev–Trinajstić information content (AvgIpc) is 3.30. The van der Waals surface area contributed by atoms with Gasteiger partial charge in [0.05, 0.1) is 19.1 Å². The second kappa shape index (κ2) is 8.98.